The Hall–Kier alpha value is -0.610. The number of hydrogen-bond acceptors (Lipinski definition) is 4. The van der Waals surface area contributed by atoms with Gasteiger partial charge in [-0.2, -0.15) is 0 Å². The summed E-state index contributed by atoms with van der Waals surface area (Å²) in [7, 11) is 1.78. The van der Waals surface area contributed by atoms with Crippen molar-refractivity contribution in [3.63, 3.8) is 0 Å². The maximum Gasteiger partial charge on any atom is 0.320 e. The lowest BCUT2D eigenvalue weighted by Crippen LogP contribution is -2.38. The molecule has 0 fully saturated rings. The highest BCUT2D eigenvalue weighted by molar-refractivity contribution is 5.72. The van der Waals surface area contributed by atoms with Crippen LogP contribution in [0.15, 0.2) is 0 Å². The third-order valence-electron chi connectivity index (χ3n) is 1.82. The van der Waals surface area contributed by atoms with Crippen LogP contribution in [0.4, 0.5) is 0 Å². The molecular weight excluding hydrogens is 182 g/mol. The van der Waals surface area contributed by atoms with Crippen molar-refractivity contribution in [1.82, 2.24) is 4.90 Å². The van der Waals surface area contributed by atoms with Gasteiger partial charge in [0.15, 0.2) is 0 Å². The van der Waals surface area contributed by atoms with Crippen LogP contribution in [-0.4, -0.2) is 47.8 Å². The lowest BCUT2D eigenvalue weighted by molar-refractivity contribution is -0.156. The molecule has 0 rings (SSSR count). The molecule has 0 aliphatic rings. The summed E-state index contributed by atoms with van der Waals surface area (Å²) in [6.07, 6.45) is 0. The highest BCUT2D eigenvalue weighted by Gasteiger charge is 2.19. The van der Waals surface area contributed by atoms with Crippen molar-refractivity contribution in [2.75, 3.05) is 20.2 Å². The van der Waals surface area contributed by atoms with E-state index in [1.54, 1.807) is 11.9 Å². The van der Waals surface area contributed by atoms with E-state index in [1.165, 1.54) is 0 Å². The van der Waals surface area contributed by atoms with Crippen LogP contribution in [0.3, 0.4) is 0 Å². The van der Waals surface area contributed by atoms with E-state index in [9.17, 15) is 4.79 Å². The van der Waals surface area contributed by atoms with E-state index >= 15 is 0 Å². The minimum absolute atomic E-state index is 0.0254. The number of esters is 1. The molecule has 0 aromatic carbocycles. The van der Waals surface area contributed by atoms with Gasteiger partial charge in [0.1, 0.15) is 5.60 Å². The number of nitrogens with zero attached hydrogens (tertiary/aromatic N) is 1. The van der Waals surface area contributed by atoms with Crippen molar-refractivity contribution in [2.45, 2.75) is 39.3 Å². The van der Waals surface area contributed by atoms with Crippen LogP contribution >= 0.6 is 0 Å². The predicted molar refractivity (Wildman–Crippen MR) is 55.0 cm³/mol. The molecule has 0 spiro atoms. The molecule has 0 aliphatic heterocycles. The van der Waals surface area contributed by atoms with E-state index in [-0.39, 0.29) is 25.2 Å². The van der Waals surface area contributed by atoms with Gasteiger partial charge in [-0.1, -0.05) is 0 Å². The van der Waals surface area contributed by atoms with Crippen LogP contribution in [0.1, 0.15) is 27.7 Å². The largest absolute Gasteiger partial charge is 0.459 e. The normalized spacial score (nSPS) is 14.2. The van der Waals surface area contributed by atoms with Gasteiger partial charge in [0, 0.05) is 6.04 Å². The van der Waals surface area contributed by atoms with Crippen LogP contribution < -0.4 is 0 Å². The van der Waals surface area contributed by atoms with E-state index in [1.807, 2.05) is 27.7 Å². The first-order chi connectivity index (χ1) is 6.26. The van der Waals surface area contributed by atoms with Gasteiger partial charge in [-0.3, -0.25) is 9.69 Å². The van der Waals surface area contributed by atoms with E-state index in [2.05, 4.69) is 0 Å². The molecule has 0 radical (unpaired) electrons. The van der Waals surface area contributed by atoms with Crippen LogP contribution in [0.2, 0.25) is 0 Å². The lowest BCUT2D eigenvalue weighted by atomic mass is 10.2. The Morgan fingerprint density at radius 1 is 1.50 bits per heavy atom. The summed E-state index contributed by atoms with van der Waals surface area (Å²) in [5.41, 5.74) is -0.444. The summed E-state index contributed by atoms with van der Waals surface area (Å²) in [4.78, 5) is 13.1. The van der Waals surface area contributed by atoms with Gasteiger partial charge >= 0.3 is 5.97 Å². The monoisotopic (exact) mass is 203 g/mol. The standard InChI is InChI=1S/C10H21NO3/c1-8(7-12)11(5)6-9(13)14-10(2,3)4/h8,12H,6-7H2,1-5H3/t8-/m0/s1. The first kappa shape index (κ1) is 13.4. The summed E-state index contributed by atoms with van der Waals surface area (Å²) in [5, 5.41) is 8.86. The molecule has 0 bridgehead atoms. The number of aliphatic hydroxyl groups excluding tert-OH is 1. The number of rotatable bonds is 4. The van der Waals surface area contributed by atoms with E-state index in [4.69, 9.17) is 9.84 Å². The molecule has 0 aliphatic carbocycles. The minimum Gasteiger partial charge on any atom is -0.459 e. The topological polar surface area (TPSA) is 49.8 Å². The van der Waals surface area contributed by atoms with Crippen LogP contribution in [0.25, 0.3) is 0 Å². The highest BCUT2D eigenvalue weighted by Crippen LogP contribution is 2.07. The average Bonchev–Trinajstić information content (AvgIpc) is 1.99. The van der Waals surface area contributed by atoms with Crippen molar-refractivity contribution in [3.8, 4) is 0 Å². The molecule has 1 atom stereocenters. The van der Waals surface area contributed by atoms with E-state index in [0.717, 1.165) is 0 Å². The van der Waals surface area contributed by atoms with Crippen LogP contribution in [0.5, 0.6) is 0 Å². The summed E-state index contributed by atoms with van der Waals surface area (Å²) >= 11 is 0. The Kier molecular flexibility index (Phi) is 5.08. The first-order valence-corrected chi connectivity index (χ1v) is 4.79. The number of carbonyl (C=O) groups is 1. The molecule has 0 saturated carbocycles. The Morgan fingerprint density at radius 2 is 2.00 bits per heavy atom. The number of ether oxygens (including phenoxy) is 1. The van der Waals surface area contributed by atoms with Gasteiger partial charge in [-0.15, -0.1) is 0 Å². The maximum atomic E-state index is 11.3. The minimum atomic E-state index is -0.444. The molecule has 4 nitrogen and oxygen atoms in total. The molecule has 84 valence electrons. The van der Waals surface area contributed by atoms with E-state index < -0.39 is 5.60 Å². The lowest BCUT2D eigenvalue weighted by Gasteiger charge is -2.25. The molecule has 4 heteroatoms. The first-order valence-electron chi connectivity index (χ1n) is 4.79. The smallest absolute Gasteiger partial charge is 0.320 e. The van der Waals surface area contributed by atoms with Gasteiger partial charge < -0.3 is 9.84 Å². The van der Waals surface area contributed by atoms with E-state index in [0.29, 0.717) is 0 Å². The van der Waals surface area contributed by atoms with Crippen LogP contribution in [0, 0.1) is 0 Å². The van der Waals surface area contributed by atoms with Crippen molar-refractivity contribution in [2.24, 2.45) is 0 Å². The number of carbonyl (C=O) groups excluding carboxylic acids is 1. The van der Waals surface area contributed by atoms with Crippen molar-refractivity contribution < 1.29 is 14.6 Å². The van der Waals surface area contributed by atoms with Gasteiger partial charge in [0.05, 0.1) is 13.2 Å². The molecule has 0 saturated heterocycles. The van der Waals surface area contributed by atoms with Gasteiger partial charge in [0.25, 0.3) is 0 Å². The number of likely N-dealkylation sites (N-methyl/N-ethyl adjacent to an activating group) is 1. The molecule has 0 unspecified atom stereocenters. The summed E-state index contributed by atoms with van der Waals surface area (Å²) in [6.45, 7) is 7.60. The molecule has 0 amide bonds. The van der Waals surface area contributed by atoms with Gasteiger partial charge in [0.2, 0.25) is 0 Å². The maximum absolute atomic E-state index is 11.3. The second kappa shape index (κ2) is 5.32. The van der Waals surface area contributed by atoms with Crippen molar-refractivity contribution >= 4 is 5.97 Å². The molecule has 0 aromatic rings. The third-order valence-corrected chi connectivity index (χ3v) is 1.82. The predicted octanol–water partition coefficient (Wildman–Crippen LogP) is 0.641. The zero-order valence-electron chi connectivity index (χ0n) is 9.70. The fourth-order valence-electron chi connectivity index (χ4n) is 0.873. The molecule has 14 heavy (non-hydrogen) atoms. The zero-order valence-corrected chi connectivity index (χ0v) is 9.70. The molecule has 1 N–H and O–H groups in total. The second-order valence-electron chi connectivity index (χ2n) is 4.53. The Morgan fingerprint density at radius 3 is 2.36 bits per heavy atom. The summed E-state index contributed by atoms with van der Waals surface area (Å²) in [5.74, 6) is -0.264. The number of aliphatic hydroxyl groups is 1. The van der Waals surface area contributed by atoms with Crippen LogP contribution in [-0.2, 0) is 9.53 Å². The second-order valence-corrected chi connectivity index (χ2v) is 4.53. The number of hydrogen-bond donors (Lipinski definition) is 1. The zero-order chi connectivity index (χ0) is 11.4. The third kappa shape index (κ3) is 5.94. The Labute approximate surface area is 85.9 Å². The quantitative estimate of drug-likeness (QED) is 0.681. The average molecular weight is 203 g/mol. The molecular formula is C10H21NO3. The van der Waals surface area contributed by atoms with Gasteiger partial charge in [-0.25, -0.2) is 0 Å². The Bertz CT molecular complexity index is 186. The summed E-state index contributed by atoms with van der Waals surface area (Å²) < 4.78 is 5.14. The molecule has 0 heterocycles. The molecule has 0 aromatic heterocycles. The fraction of sp³-hybridized carbons (Fsp3) is 0.900. The SMILES string of the molecule is C[C@@H](CO)N(C)CC(=O)OC(C)(C)C. The van der Waals surface area contributed by atoms with Crippen molar-refractivity contribution in [3.05, 3.63) is 0 Å². The van der Waals surface area contributed by atoms with Crippen molar-refractivity contribution in [1.29, 1.82) is 0 Å². The van der Waals surface area contributed by atoms with Gasteiger partial charge in [-0.05, 0) is 34.7 Å². The fourth-order valence-corrected chi connectivity index (χ4v) is 0.873. The highest BCUT2D eigenvalue weighted by atomic mass is 16.6. The Balaban J connectivity index is 3.95. The summed E-state index contributed by atoms with van der Waals surface area (Å²) in [6, 6.07) is -0.0254.